The van der Waals surface area contributed by atoms with Gasteiger partial charge in [0.15, 0.2) is 0 Å². The Morgan fingerprint density at radius 2 is 1.91 bits per heavy atom. The maximum Gasteiger partial charge on any atom is 0.0161 e. The van der Waals surface area contributed by atoms with Crippen LogP contribution in [-0.2, 0) is 0 Å². The molecule has 0 radical (unpaired) electrons. The first kappa shape index (κ1) is 10.9. The molecular weight excluding hydrogens is 136 g/mol. The maximum atomic E-state index is 5.45. The van der Waals surface area contributed by atoms with Crippen molar-refractivity contribution in [3.05, 3.63) is 0 Å². The van der Waals surface area contributed by atoms with Gasteiger partial charge >= 0.3 is 0 Å². The smallest absolute Gasteiger partial charge is 0.0161 e. The predicted molar refractivity (Wildman–Crippen MR) is 50.6 cm³/mol. The number of rotatable bonds is 6. The van der Waals surface area contributed by atoms with Crippen LogP contribution in [0.2, 0.25) is 0 Å². The Hall–Kier alpha value is -0.0800. The summed E-state index contributed by atoms with van der Waals surface area (Å²) < 4.78 is 0. The number of nitrogens with two attached hydrogens (primary N) is 1. The van der Waals surface area contributed by atoms with Crippen LogP contribution in [0.4, 0.5) is 0 Å². The summed E-state index contributed by atoms with van der Waals surface area (Å²) in [4.78, 5) is 0. The van der Waals surface area contributed by atoms with Crippen LogP contribution in [-0.4, -0.2) is 19.1 Å². The van der Waals surface area contributed by atoms with E-state index >= 15 is 0 Å². The van der Waals surface area contributed by atoms with E-state index in [0.717, 1.165) is 19.0 Å². The fraction of sp³-hybridized carbons (Fsp3) is 1.00. The van der Waals surface area contributed by atoms with E-state index in [1.165, 1.54) is 12.8 Å². The summed E-state index contributed by atoms with van der Waals surface area (Å²) in [6, 6.07) is 0.474. The molecule has 68 valence electrons. The van der Waals surface area contributed by atoms with Gasteiger partial charge in [-0.2, -0.15) is 0 Å². The van der Waals surface area contributed by atoms with E-state index in [0.29, 0.717) is 6.04 Å². The summed E-state index contributed by atoms with van der Waals surface area (Å²) in [6.45, 7) is 8.48. The average molecular weight is 158 g/mol. The Kier molecular flexibility index (Phi) is 6.57. The van der Waals surface area contributed by atoms with Gasteiger partial charge in [0, 0.05) is 12.6 Å². The van der Waals surface area contributed by atoms with Crippen LogP contribution >= 0.6 is 0 Å². The summed E-state index contributed by atoms with van der Waals surface area (Å²) in [6.07, 6.45) is 2.58. The van der Waals surface area contributed by atoms with Crippen LogP contribution in [0.5, 0.6) is 0 Å². The lowest BCUT2D eigenvalue weighted by Crippen LogP contribution is -2.33. The summed E-state index contributed by atoms with van der Waals surface area (Å²) in [5.74, 6) is 0.824. The molecular formula is C9H22N2. The summed E-state index contributed by atoms with van der Waals surface area (Å²) in [5.41, 5.74) is 5.45. The molecule has 2 heteroatoms. The third-order valence-electron chi connectivity index (χ3n) is 1.80. The van der Waals surface area contributed by atoms with Gasteiger partial charge in [0.2, 0.25) is 0 Å². The van der Waals surface area contributed by atoms with Gasteiger partial charge in [-0.25, -0.2) is 0 Å². The van der Waals surface area contributed by atoms with Crippen molar-refractivity contribution < 1.29 is 0 Å². The van der Waals surface area contributed by atoms with Gasteiger partial charge in [-0.05, 0) is 32.2 Å². The largest absolute Gasteiger partial charge is 0.329 e. The van der Waals surface area contributed by atoms with Crippen molar-refractivity contribution in [2.75, 3.05) is 13.1 Å². The zero-order valence-electron chi connectivity index (χ0n) is 8.06. The lowest BCUT2D eigenvalue weighted by atomic mass is 10.1. The zero-order valence-corrected chi connectivity index (χ0v) is 8.06. The molecule has 0 rings (SSSR count). The highest BCUT2D eigenvalue weighted by atomic mass is 14.9. The molecule has 11 heavy (non-hydrogen) atoms. The minimum Gasteiger partial charge on any atom is -0.329 e. The predicted octanol–water partition coefficient (Wildman–Crippen LogP) is 1.36. The second kappa shape index (κ2) is 6.62. The Morgan fingerprint density at radius 1 is 1.27 bits per heavy atom. The quantitative estimate of drug-likeness (QED) is 0.573. The van der Waals surface area contributed by atoms with Gasteiger partial charge in [-0.15, -0.1) is 0 Å². The second-order valence-corrected chi connectivity index (χ2v) is 3.63. The van der Waals surface area contributed by atoms with E-state index in [9.17, 15) is 0 Å². The minimum atomic E-state index is 0.474. The topological polar surface area (TPSA) is 38.0 Å². The highest BCUT2D eigenvalue weighted by Crippen LogP contribution is 2.01. The lowest BCUT2D eigenvalue weighted by Gasteiger charge is -2.11. The molecule has 0 unspecified atom stereocenters. The van der Waals surface area contributed by atoms with Crippen molar-refractivity contribution >= 4 is 0 Å². The standard InChI is InChI=1S/C9H22N2/c1-8(2)5-4-6-11-9(3)7-10/h8-9,11H,4-7,10H2,1-3H3/t9-/m1/s1. The van der Waals surface area contributed by atoms with Crippen molar-refractivity contribution in [1.29, 1.82) is 0 Å². The highest BCUT2D eigenvalue weighted by Gasteiger charge is 1.97. The van der Waals surface area contributed by atoms with Gasteiger partial charge < -0.3 is 11.1 Å². The highest BCUT2D eigenvalue weighted by molar-refractivity contribution is 4.60. The second-order valence-electron chi connectivity index (χ2n) is 3.63. The summed E-state index contributed by atoms with van der Waals surface area (Å²) in [5, 5.41) is 3.36. The summed E-state index contributed by atoms with van der Waals surface area (Å²) >= 11 is 0. The molecule has 0 aromatic rings. The van der Waals surface area contributed by atoms with Crippen LogP contribution in [0.25, 0.3) is 0 Å². The van der Waals surface area contributed by atoms with Crippen LogP contribution < -0.4 is 11.1 Å². The van der Waals surface area contributed by atoms with Crippen molar-refractivity contribution in [2.45, 2.75) is 39.7 Å². The SMILES string of the molecule is CC(C)CCCN[C@H](C)CN. The molecule has 0 aliphatic rings. The van der Waals surface area contributed by atoms with Gasteiger partial charge in [0.1, 0.15) is 0 Å². The van der Waals surface area contributed by atoms with E-state index in [1.54, 1.807) is 0 Å². The van der Waals surface area contributed by atoms with Crippen LogP contribution in [0, 0.1) is 5.92 Å². The lowest BCUT2D eigenvalue weighted by molar-refractivity contribution is 0.492. The maximum absolute atomic E-state index is 5.45. The first-order valence-electron chi connectivity index (χ1n) is 4.60. The Bertz CT molecular complexity index is 81.6. The molecule has 1 atom stereocenters. The molecule has 0 spiro atoms. The first-order chi connectivity index (χ1) is 5.16. The number of nitrogens with one attached hydrogen (secondary N) is 1. The molecule has 0 aromatic carbocycles. The van der Waals surface area contributed by atoms with Crippen molar-refractivity contribution in [1.82, 2.24) is 5.32 Å². The van der Waals surface area contributed by atoms with Gasteiger partial charge in [-0.3, -0.25) is 0 Å². The van der Waals surface area contributed by atoms with Crippen molar-refractivity contribution in [2.24, 2.45) is 11.7 Å². The van der Waals surface area contributed by atoms with E-state index < -0.39 is 0 Å². The molecule has 0 aliphatic carbocycles. The van der Waals surface area contributed by atoms with E-state index in [4.69, 9.17) is 5.73 Å². The monoisotopic (exact) mass is 158 g/mol. The Morgan fingerprint density at radius 3 is 2.36 bits per heavy atom. The number of hydrogen-bond acceptors (Lipinski definition) is 2. The molecule has 0 bridgehead atoms. The molecule has 0 aliphatic heterocycles. The molecule has 2 nitrogen and oxygen atoms in total. The van der Waals surface area contributed by atoms with E-state index in [2.05, 4.69) is 26.1 Å². The third kappa shape index (κ3) is 7.82. The van der Waals surface area contributed by atoms with E-state index in [-0.39, 0.29) is 0 Å². The van der Waals surface area contributed by atoms with Gasteiger partial charge in [-0.1, -0.05) is 13.8 Å². The fourth-order valence-electron chi connectivity index (χ4n) is 0.942. The molecule has 0 saturated carbocycles. The average Bonchev–Trinajstić information content (AvgIpc) is 1.97. The zero-order chi connectivity index (χ0) is 8.69. The van der Waals surface area contributed by atoms with Crippen molar-refractivity contribution in [3.8, 4) is 0 Å². The minimum absolute atomic E-state index is 0.474. The van der Waals surface area contributed by atoms with Crippen LogP contribution in [0.1, 0.15) is 33.6 Å². The molecule has 0 amide bonds. The van der Waals surface area contributed by atoms with Crippen LogP contribution in [0.15, 0.2) is 0 Å². The fourth-order valence-corrected chi connectivity index (χ4v) is 0.942. The van der Waals surface area contributed by atoms with Gasteiger partial charge in [0.05, 0.1) is 0 Å². The third-order valence-corrected chi connectivity index (χ3v) is 1.80. The van der Waals surface area contributed by atoms with Gasteiger partial charge in [0.25, 0.3) is 0 Å². The first-order valence-corrected chi connectivity index (χ1v) is 4.60. The molecule has 0 heterocycles. The summed E-state index contributed by atoms with van der Waals surface area (Å²) in [7, 11) is 0. The van der Waals surface area contributed by atoms with E-state index in [1.807, 2.05) is 0 Å². The number of hydrogen-bond donors (Lipinski definition) is 2. The normalized spacial score (nSPS) is 13.9. The molecule has 0 fully saturated rings. The molecule has 3 N–H and O–H groups in total. The molecule has 0 aromatic heterocycles. The van der Waals surface area contributed by atoms with Crippen LogP contribution in [0.3, 0.4) is 0 Å². The van der Waals surface area contributed by atoms with Crippen molar-refractivity contribution in [3.63, 3.8) is 0 Å². The Balaban J connectivity index is 3.01. The molecule has 0 saturated heterocycles. The Labute approximate surface area is 70.5 Å².